The van der Waals surface area contributed by atoms with Crippen LogP contribution in [0.15, 0.2) is 0 Å². The summed E-state index contributed by atoms with van der Waals surface area (Å²) in [6, 6.07) is -1.35. The SMILES string of the molecule is CC(C)C(C(=O)O)N1C(=O)c2c(Cl)c(Cl)c(Cl)c(Cl)c2C1=O. The summed E-state index contributed by atoms with van der Waals surface area (Å²) in [5.74, 6) is -3.53. The third-order valence-electron chi connectivity index (χ3n) is 3.30. The zero-order chi connectivity index (χ0) is 16.9. The van der Waals surface area contributed by atoms with Crippen LogP contribution in [0.25, 0.3) is 0 Å². The Bertz CT molecular complexity index is 670. The highest BCUT2D eigenvalue weighted by Gasteiger charge is 2.47. The Morgan fingerprint density at radius 3 is 1.55 bits per heavy atom. The number of fused-ring (bicyclic) bond motifs is 1. The largest absolute Gasteiger partial charge is 0.480 e. The van der Waals surface area contributed by atoms with Gasteiger partial charge in [-0.1, -0.05) is 60.3 Å². The van der Waals surface area contributed by atoms with Crippen molar-refractivity contribution in [3.8, 4) is 0 Å². The van der Waals surface area contributed by atoms with E-state index in [1.54, 1.807) is 13.8 Å². The summed E-state index contributed by atoms with van der Waals surface area (Å²) >= 11 is 23.7. The fourth-order valence-electron chi connectivity index (χ4n) is 2.31. The molecule has 1 aliphatic rings. The zero-order valence-electron chi connectivity index (χ0n) is 11.3. The van der Waals surface area contributed by atoms with Crippen LogP contribution in [0.1, 0.15) is 34.6 Å². The van der Waals surface area contributed by atoms with Crippen LogP contribution in [0, 0.1) is 5.92 Å². The van der Waals surface area contributed by atoms with E-state index in [1.165, 1.54) is 0 Å². The van der Waals surface area contributed by atoms with Crippen LogP contribution < -0.4 is 0 Å². The minimum Gasteiger partial charge on any atom is -0.480 e. The number of carbonyl (C=O) groups excluding carboxylic acids is 2. The summed E-state index contributed by atoms with van der Waals surface area (Å²) < 4.78 is 0. The number of hydrogen-bond acceptors (Lipinski definition) is 3. The van der Waals surface area contributed by atoms with Crippen molar-refractivity contribution < 1.29 is 19.5 Å². The van der Waals surface area contributed by atoms with Crippen LogP contribution in [-0.4, -0.2) is 33.8 Å². The van der Waals surface area contributed by atoms with E-state index in [0.717, 1.165) is 0 Å². The highest BCUT2D eigenvalue weighted by Crippen LogP contribution is 2.45. The summed E-state index contributed by atoms with van der Waals surface area (Å²) in [6.45, 7) is 3.15. The molecule has 2 rings (SSSR count). The molecule has 1 atom stereocenters. The van der Waals surface area contributed by atoms with Gasteiger partial charge in [0.25, 0.3) is 11.8 Å². The first kappa shape index (κ1) is 17.3. The quantitative estimate of drug-likeness (QED) is 0.485. The topological polar surface area (TPSA) is 74.7 Å². The van der Waals surface area contributed by atoms with Crippen LogP contribution in [-0.2, 0) is 4.79 Å². The molecule has 1 N–H and O–H groups in total. The fourth-order valence-corrected chi connectivity index (χ4v) is 3.33. The molecule has 1 heterocycles. The second kappa shape index (κ2) is 5.89. The lowest BCUT2D eigenvalue weighted by atomic mass is 10.0. The van der Waals surface area contributed by atoms with Crippen molar-refractivity contribution in [2.45, 2.75) is 19.9 Å². The highest BCUT2D eigenvalue weighted by atomic mass is 35.5. The van der Waals surface area contributed by atoms with E-state index in [9.17, 15) is 19.5 Å². The average Bonchev–Trinajstić information content (AvgIpc) is 2.67. The van der Waals surface area contributed by atoms with Crippen molar-refractivity contribution >= 4 is 64.2 Å². The van der Waals surface area contributed by atoms with Gasteiger partial charge in [0.1, 0.15) is 6.04 Å². The first-order valence-electron chi connectivity index (χ1n) is 6.07. The maximum absolute atomic E-state index is 12.5. The number of rotatable bonds is 3. The van der Waals surface area contributed by atoms with Crippen LogP contribution in [0.3, 0.4) is 0 Å². The number of carboxylic acid groups (broad SMARTS) is 1. The van der Waals surface area contributed by atoms with Crippen LogP contribution >= 0.6 is 46.4 Å². The van der Waals surface area contributed by atoms with Gasteiger partial charge in [-0.05, 0) is 5.92 Å². The van der Waals surface area contributed by atoms with Gasteiger partial charge in [0.05, 0.1) is 31.2 Å². The number of benzene rings is 1. The summed E-state index contributed by atoms with van der Waals surface area (Å²) in [4.78, 5) is 37.0. The number of carbonyl (C=O) groups is 3. The van der Waals surface area contributed by atoms with Crippen molar-refractivity contribution in [1.82, 2.24) is 4.90 Å². The van der Waals surface area contributed by atoms with E-state index in [2.05, 4.69) is 0 Å². The molecule has 1 aromatic rings. The molecule has 0 spiro atoms. The van der Waals surface area contributed by atoms with E-state index in [1.807, 2.05) is 0 Å². The van der Waals surface area contributed by atoms with Crippen molar-refractivity contribution in [3.05, 3.63) is 31.2 Å². The van der Waals surface area contributed by atoms with Gasteiger partial charge in [-0.3, -0.25) is 14.5 Å². The summed E-state index contributed by atoms with van der Waals surface area (Å²) in [6.07, 6.45) is 0. The van der Waals surface area contributed by atoms with Crippen molar-refractivity contribution in [2.75, 3.05) is 0 Å². The molecule has 0 aliphatic carbocycles. The van der Waals surface area contributed by atoms with Gasteiger partial charge in [0, 0.05) is 0 Å². The van der Waals surface area contributed by atoms with E-state index in [-0.39, 0.29) is 31.2 Å². The Balaban J connectivity index is 2.71. The van der Waals surface area contributed by atoms with Gasteiger partial charge >= 0.3 is 5.97 Å². The molecule has 1 aromatic carbocycles. The van der Waals surface area contributed by atoms with Crippen molar-refractivity contribution in [1.29, 1.82) is 0 Å². The highest BCUT2D eigenvalue weighted by molar-refractivity contribution is 6.55. The minimum atomic E-state index is -1.35. The number of amides is 2. The molecule has 0 aromatic heterocycles. The molecular formula is C13H9Cl4NO4. The Labute approximate surface area is 145 Å². The fraction of sp³-hybridized carbons (Fsp3) is 0.308. The summed E-state index contributed by atoms with van der Waals surface area (Å²) in [5, 5.41) is 8.54. The summed E-state index contributed by atoms with van der Waals surface area (Å²) in [5.41, 5.74) is -0.448. The molecule has 22 heavy (non-hydrogen) atoms. The molecule has 0 fully saturated rings. The molecule has 118 valence electrons. The maximum Gasteiger partial charge on any atom is 0.327 e. The maximum atomic E-state index is 12.5. The molecule has 1 aliphatic heterocycles. The number of imide groups is 1. The van der Waals surface area contributed by atoms with Crippen molar-refractivity contribution in [3.63, 3.8) is 0 Å². The standard InChI is InChI=1S/C13H9Cl4NO4/c1-3(2)10(13(21)22)18-11(19)4-5(12(18)20)7(15)9(17)8(16)6(4)14/h3,10H,1-2H3,(H,21,22). The van der Waals surface area contributed by atoms with Gasteiger partial charge in [0.2, 0.25) is 0 Å². The van der Waals surface area contributed by atoms with E-state index in [4.69, 9.17) is 46.4 Å². The monoisotopic (exact) mass is 383 g/mol. The smallest absolute Gasteiger partial charge is 0.327 e. The molecule has 9 heteroatoms. The number of halogens is 4. The number of aliphatic carboxylic acids is 1. The third-order valence-corrected chi connectivity index (χ3v) is 5.10. The van der Waals surface area contributed by atoms with Crippen LogP contribution in [0.4, 0.5) is 0 Å². The van der Waals surface area contributed by atoms with E-state index >= 15 is 0 Å². The summed E-state index contributed by atoms with van der Waals surface area (Å²) in [7, 11) is 0. The molecule has 5 nitrogen and oxygen atoms in total. The predicted octanol–water partition coefficient (Wildman–Crippen LogP) is 4.01. The zero-order valence-corrected chi connectivity index (χ0v) is 14.3. The Morgan fingerprint density at radius 1 is 0.909 bits per heavy atom. The predicted molar refractivity (Wildman–Crippen MR) is 83.2 cm³/mol. The second-order valence-electron chi connectivity index (χ2n) is 5.01. The van der Waals surface area contributed by atoms with Gasteiger partial charge in [-0.25, -0.2) is 4.79 Å². The Hall–Kier alpha value is -1.01. The second-order valence-corrected chi connectivity index (χ2v) is 6.53. The molecule has 0 radical (unpaired) electrons. The third kappa shape index (κ3) is 2.36. The lowest BCUT2D eigenvalue weighted by molar-refractivity contribution is -0.143. The lowest BCUT2D eigenvalue weighted by Gasteiger charge is -2.25. The Kier molecular flexibility index (Phi) is 4.64. The number of hydrogen-bond donors (Lipinski definition) is 1. The van der Waals surface area contributed by atoms with Crippen molar-refractivity contribution in [2.24, 2.45) is 5.92 Å². The normalized spacial score (nSPS) is 15.5. The number of nitrogens with zero attached hydrogens (tertiary/aromatic N) is 1. The Morgan fingerprint density at radius 2 is 1.27 bits per heavy atom. The van der Waals surface area contributed by atoms with Crippen LogP contribution in [0.2, 0.25) is 20.1 Å². The lowest BCUT2D eigenvalue weighted by Crippen LogP contribution is -2.47. The van der Waals surface area contributed by atoms with Crippen LogP contribution in [0.5, 0.6) is 0 Å². The van der Waals surface area contributed by atoms with Gasteiger partial charge in [-0.2, -0.15) is 0 Å². The molecule has 0 bridgehead atoms. The molecular weight excluding hydrogens is 376 g/mol. The molecule has 0 saturated heterocycles. The molecule has 2 amide bonds. The number of carboxylic acids is 1. The molecule has 1 unspecified atom stereocenters. The van der Waals surface area contributed by atoms with E-state index < -0.39 is 29.7 Å². The molecule has 0 saturated carbocycles. The van der Waals surface area contributed by atoms with Gasteiger partial charge < -0.3 is 5.11 Å². The van der Waals surface area contributed by atoms with Gasteiger partial charge in [0.15, 0.2) is 0 Å². The first-order valence-corrected chi connectivity index (χ1v) is 7.59. The first-order chi connectivity index (χ1) is 10.1. The van der Waals surface area contributed by atoms with E-state index in [0.29, 0.717) is 4.90 Å². The minimum absolute atomic E-state index is 0.161. The average molecular weight is 385 g/mol. The van der Waals surface area contributed by atoms with Gasteiger partial charge in [-0.15, -0.1) is 0 Å².